The van der Waals surface area contributed by atoms with Crippen LogP contribution in [-0.2, 0) is 28.5 Å². The molecule has 40 heavy (non-hydrogen) atoms. The molecule has 1 unspecified atom stereocenters. The molecule has 0 heterocycles. The van der Waals surface area contributed by atoms with E-state index in [1.54, 1.807) is 0 Å². The molecule has 1 N–H and O–H groups in total. The number of carbonyl (C=O) groups is 1. The summed E-state index contributed by atoms with van der Waals surface area (Å²) in [4.78, 5) is 12.6. The van der Waals surface area contributed by atoms with Crippen LogP contribution in [0.1, 0.15) is 153 Å². The first-order valence-electron chi connectivity index (χ1n) is 15.7. The van der Waals surface area contributed by atoms with Gasteiger partial charge in [-0.15, -0.1) is 0 Å². The van der Waals surface area contributed by atoms with E-state index in [0.717, 1.165) is 86.5 Å². The van der Waals surface area contributed by atoms with Crippen molar-refractivity contribution in [2.75, 3.05) is 0 Å². The molecular weight excluding hydrogens is 492 g/mol. The first kappa shape index (κ1) is 33.7. The van der Waals surface area contributed by atoms with Crippen molar-refractivity contribution in [1.82, 2.24) is 0 Å². The van der Waals surface area contributed by atoms with Gasteiger partial charge in [0.2, 0.25) is 0 Å². The van der Waals surface area contributed by atoms with Crippen molar-refractivity contribution in [1.29, 1.82) is 0 Å². The van der Waals surface area contributed by atoms with Gasteiger partial charge >= 0.3 is 5.97 Å². The predicted octanol–water partition coefficient (Wildman–Crippen LogP) is 10.5. The van der Waals surface area contributed by atoms with Gasteiger partial charge < -0.3 is 9.84 Å². The van der Waals surface area contributed by atoms with Crippen molar-refractivity contribution in [3.05, 3.63) is 70.3 Å². The number of unbranched alkanes of at least 4 members (excludes halogenated alkanes) is 2. The Labute approximate surface area is 245 Å². The molecule has 0 spiro atoms. The monoisotopic (exact) mass is 548 g/mol. The summed E-state index contributed by atoms with van der Waals surface area (Å²) >= 11 is 0. The number of aromatic hydroxyl groups is 1. The van der Waals surface area contributed by atoms with E-state index in [9.17, 15) is 9.90 Å². The summed E-state index contributed by atoms with van der Waals surface area (Å²) in [5.74, 6) is 0.404. The zero-order chi connectivity index (χ0) is 30.1. The molecule has 0 aliphatic heterocycles. The molecule has 0 amide bonds. The number of esters is 1. The van der Waals surface area contributed by atoms with Crippen LogP contribution in [-0.4, -0.2) is 11.1 Å². The lowest BCUT2D eigenvalue weighted by Crippen LogP contribution is -2.20. The van der Waals surface area contributed by atoms with Crippen LogP contribution in [0.2, 0.25) is 0 Å². The standard InChI is InChI=1S/C37H56O3/c1-11-16-18-27-22-29(36(7,8)20-13-3)24-31(34(27)39)26(6)32-25-30(37(9,10)21-14-4)23-28(19-17-12-2)35(32)40-33(38)15-5/h15,22-26,39H,5,11-14,16-21H2,1-4,6-10H3. The van der Waals surface area contributed by atoms with Crippen LogP contribution in [0.5, 0.6) is 11.5 Å². The van der Waals surface area contributed by atoms with Crippen LogP contribution in [0.25, 0.3) is 0 Å². The largest absolute Gasteiger partial charge is 0.507 e. The number of benzene rings is 2. The van der Waals surface area contributed by atoms with Crippen LogP contribution >= 0.6 is 0 Å². The van der Waals surface area contributed by atoms with Crippen molar-refractivity contribution < 1.29 is 14.6 Å². The van der Waals surface area contributed by atoms with Crippen LogP contribution in [0.3, 0.4) is 0 Å². The Balaban J connectivity index is 2.91. The van der Waals surface area contributed by atoms with Crippen molar-refractivity contribution in [2.45, 2.75) is 143 Å². The molecule has 3 heteroatoms. The molecule has 222 valence electrons. The Morgan fingerprint density at radius 1 is 0.825 bits per heavy atom. The van der Waals surface area contributed by atoms with Gasteiger partial charge in [-0.3, -0.25) is 0 Å². The minimum absolute atomic E-state index is 0.00667. The van der Waals surface area contributed by atoms with Crippen LogP contribution in [0.15, 0.2) is 36.9 Å². The smallest absolute Gasteiger partial charge is 0.335 e. The van der Waals surface area contributed by atoms with Crippen LogP contribution in [0.4, 0.5) is 0 Å². The van der Waals surface area contributed by atoms with Gasteiger partial charge in [-0.05, 0) is 71.6 Å². The fourth-order valence-electron chi connectivity index (χ4n) is 5.95. The molecule has 0 aromatic heterocycles. The molecule has 3 nitrogen and oxygen atoms in total. The Kier molecular flexibility index (Phi) is 12.5. The number of phenolic OH excluding ortho intramolecular Hbond substituents is 1. The number of rotatable bonds is 16. The average Bonchev–Trinajstić information content (AvgIpc) is 2.90. The summed E-state index contributed by atoms with van der Waals surface area (Å²) in [5, 5.41) is 11.7. The lowest BCUT2D eigenvalue weighted by Gasteiger charge is -2.30. The fourth-order valence-corrected chi connectivity index (χ4v) is 5.95. The molecule has 0 bridgehead atoms. The fraction of sp³-hybridized carbons (Fsp3) is 0.595. The maximum absolute atomic E-state index is 12.6. The lowest BCUT2D eigenvalue weighted by molar-refractivity contribution is -0.129. The van der Waals surface area contributed by atoms with Crippen molar-refractivity contribution in [3.63, 3.8) is 0 Å². The van der Waals surface area contributed by atoms with Gasteiger partial charge in [-0.2, -0.15) is 0 Å². The molecule has 2 rings (SSSR count). The van der Waals surface area contributed by atoms with E-state index in [4.69, 9.17) is 4.74 Å². The summed E-state index contributed by atoms with van der Waals surface area (Å²) in [5.41, 5.74) is 6.45. The summed E-state index contributed by atoms with van der Waals surface area (Å²) in [7, 11) is 0. The number of aryl methyl sites for hydroxylation is 2. The number of phenols is 1. The molecule has 0 saturated heterocycles. The van der Waals surface area contributed by atoms with E-state index < -0.39 is 5.97 Å². The third-order valence-corrected chi connectivity index (χ3v) is 8.63. The third-order valence-electron chi connectivity index (χ3n) is 8.63. The van der Waals surface area contributed by atoms with Gasteiger partial charge in [0.15, 0.2) is 0 Å². The molecule has 2 aromatic rings. The summed E-state index contributed by atoms with van der Waals surface area (Å²) in [6.07, 6.45) is 11.4. The van der Waals surface area contributed by atoms with E-state index in [0.29, 0.717) is 11.5 Å². The number of hydrogen-bond acceptors (Lipinski definition) is 3. The Morgan fingerprint density at radius 3 is 1.77 bits per heavy atom. The average molecular weight is 549 g/mol. The van der Waals surface area contributed by atoms with E-state index >= 15 is 0 Å². The summed E-state index contributed by atoms with van der Waals surface area (Å²) in [6, 6.07) is 8.92. The molecule has 0 fully saturated rings. The van der Waals surface area contributed by atoms with Gasteiger partial charge in [0.25, 0.3) is 0 Å². The molecule has 0 saturated carbocycles. The van der Waals surface area contributed by atoms with Gasteiger partial charge in [0.05, 0.1) is 0 Å². The minimum atomic E-state index is -0.447. The first-order valence-corrected chi connectivity index (χ1v) is 15.7. The lowest BCUT2D eigenvalue weighted by atomic mass is 9.75. The maximum Gasteiger partial charge on any atom is 0.335 e. The second kappa shape index (κ2) is 14.9. The molecule has 1 atom stereocenters. The highest BCUT2D eigenvalue weighted by molar-refractivity contribution is 5.84. The molecular formula is C37H56O3. The summed E-state index contributed by atoms with van der Waals surface area (Å²) < 4.78 is 6.03. The van der Waals surface area contributed by atoms with Crippen LogP contribution < -0.4 is 4.74 Å². The van der Waals surface area contributed by atoms with Gasteiger partial charge in [0, 0.05) is 23.1 Å². The highest BCUT2D eigenvalue weighted by Gasteiger charge is 2.29. The number of carbonyl (C=O) groups excluding carboxylic acids is 1. The van der Waals surface area contributed by atoms with Crippen molar-refractivity contribution >= 4 is 5.97 Å². The second-order valence-corrected chi connectivity index (χ2v) is 12.9. The van der Waals surface area contributed by atoms with Gasteiger partial charge in [-0.1, -0.05) is 119 Å². The number of hydrogen-bond donors (Lipinski definition) is 1. The normalized spacial score (nSPS) is 12.8. The van der Waals surface area contributed by atoms with Crippen LogP contribution in [0, 0.1) is 0 Å². The Bertz CT molecular complexity index is 1140. The topological polar surface area (TPSA) is 46.5 Å². The summed E-state index contributed by atoms with van der Waals surface area (Å²) in [6.45, 7) is 23.8. The van der Waals surface area contributed by atoms with E-state index in [1.165, 1.54) is 17.2 Å². The van der Waals surface area contributed by atoms with E-state index in [-0.39, 0.29) is 16.7 Å². The van der Waals surface area contributed by atoms with Gasteiger partial charge in [-0.25, -0.2) is 4.79 Å². The quantitative estimate of drug-likeness (QED) is 0.129. The molecule has 0 aliphatic carbocycles. The zero-order valence-corrected chi connectivity index (χ0v) is 27.0. The SMILES string of the molecule is C=CC(=O)Oc1c(CCCC)cc(C(C)(C)CCC)cc1C(C)c1cc(C(C)(C)CCC)cc(CCCC)c1O. The predicted molar refractivity (Wildman–Crippen MR) is 171 cm³/mol. The third kappa shape index (κ3) is 8.24. The van der Waals surface area contributed by atoms with Gasteiger partial charge in [0.1, 0.15) is 11.5 Å². The van der Waals surface area contributed by atoms with Crippen molar-refractivity contribution in [2.24, 2.45) is 0 Å². The first-order chi connectivity index (χ1) is 18.9. The van der Waals surface area contributed by atoms with E-state index in [2.05, 4.69) is 93.2 Å². The second-order valence-electron chi connectivity index (χ2n) is 12.9. The Hall–Kier alpha value is -2.55. The Morgan fingerprint density at radius 2 is 1.30 bits per heavy atom. The maximum atomic E-state index is 12.6. The number of ether oxygens (including phenoxy) is 1. The van der Waals surface area contributed by atoms with Crippen molar-refractivity contribution in [3.8, 4) is 11.5 Å². The zero-order valence-electron chi connectivity index (χ0n) is 27.0. The molecule has 0 aliphatic rings. The molecule has 2 aromatic carbocycles. The minimum Gasteiger partial charge on any atom is -0.507 e. The molecule has 0 radical (unpaired) electrons. The van der Waals surface area contributed by atoms with E-state index in [1.807, 2.05) is 0 Å². The highest BCUT2D eigenvalue weighted by Crippen LogP contribution is 2.45. The highest BCUT2D eigenvalue weighted by atomic mass is 16.5.